The maximum Gasteiger partial charge on any atom is 0.340 e. The van der Waals surface area contributed by atoms with Crippen molar-refractivity contribution >= 4 is 17.8 Å². The third-order valence-electron chi connectivity index (χ3n) is 3.59. The Morgan fingerprint density at radius 3 is 1.95 bits per heavy atom. The number of carbonyl (C=O) groups excluding carboxylic acids is 3. The standard InChI is InChI=1S/C17H13NO4/c1-11(12-7-3-2-4-8-12)17(21)22-18-15(19)13-9-5-6-10-14(13)16(18)20/h2-11H,1H3. The zero-order valence-corrected chi connectivity index (χ0v) is 11.9. The summed E-state index contributed by atoms with van der Waals surface area (Å²) in [4.78, 5) is 41.5. The Kier molecular flexibility index (Phi) is 3.47. The molecule has 22 heavy (non-hydrogen) atoms. The van der Waals surface area contributed by atoms with Crippen molar-refractivity contribution in [2.75, 3.05) is 0 Å². The van der Waals surface area contributed by atoms with Crippen molar-refractivity contribution in [3.8, 4) is 0 Å². The largest absolute Gasteiger partial charge is 0.340 e. The van der Waals surface area contributed by atoms with Crippen molar-refractivity contribution in [3.63, 3.8) is 0 Å². The summed E-state index contributed by atoms with van der Waals surface area (Å²) in [5.41, 5.74) is 1.24. The van der Waals surface area contributed by atoms with Crippen molar-refractivity contribution in [2.24, 2.45) is 0 Å². The van der Waals surface area contributed by atoms with Gasteiger partial charge in [-0.15, -0.1) is 0 Å². The van der Waals surface area contributed by atoms with Gasteiger partial charge in [0, 0.05) is 0 Å². The van der Waals surface area contributed by atoms with E-state index in [1.807, 2.05) is 6.07 Å². The van der Waals surface area contributed by atoms with Gasteiger partial charge < -0.3 is 4.84 Å². The van der Waals surface area contributed by atoms with Gasteiger partial charge in [-0.2, -0.15) is 0 Å². The summed E-state index contributed by atoms with van der Waals surface area (Å²) < 4.78 is 0. The lowest BCUT2D eigenvalue weighted by molar-refractivity contribution is -0.170. The van der Waals surface area contributed by atoms with Gasteiger partial charge in [-0.05, 0) is 24.6 Å². The molecule has 2 amide bonds. The predicted octanol–water partition coefficient (Wildman–Crippen LogP) is 2.54. The zero-order valence-electron chi connectivity index (χ0n) is 11.9. The molecule has 0 aromatic heterocycles. The number of amides is 2. The van der Waals surface area contributed by atoms with Crippen LogP contribution in [0.4, 0.5) is 0 Å². The average Bonchev–Trinajstić information content (AvgIpc) is 2.80. The van der Waals surface area contributed by atoms with Crippen LogP contribution >= 0.6 is 0 Å². The van der Waals surface area contributed by atoms with E-state index < -0.39 is 23.7 Å². The van der Waals surface area contributed by atoms with Crippen molar-refractivity contribution < 1.29 is 19.2 Å². The van der Waals surface area contributed by atoms with Gasteiger partial charge in [0.1, 0.15) is 0 Å². The van der Waals surface area contributed by atoms with Crippen LogP contribution in [0, 0.1) is 0 Å². The number of hydroxylamine groups is 2. The lowest BCUT2D eigenvalue weighted by Crippen LogP contribution is -2.34. The molecule has 2 aromatic rings. The molecule has 3 rings (SSSR count). The lowest BCUT2D eigenvalue weighted by Gasteiger charge is -2.16. The minimum Gasteiger partial charge on any atom is -0.329 e. The summed E-state index contributed by atoms with van der Waals surface area (Å²) in [6.45, 7) is 1.66. The minimum absolute atomic E-state index is 0.243. The van der Waals surface area contributed by atoms with Gasteiger partial charge in [0.25, 0.3) is 11.8 Å². The third-order valence-corrected chi connectivity index (χ3v) is 3.59. The zero-order chi connectivity index (χ0) is 15.7. The molecule has 0 fully saturated rings. The first-order chi connectivity index (χ1) is 10.6. The number of hydrogen-bond acceptors (Lipinski definition) is 4. The van der Waals surface area contributed by atoms with Crippen LogP contribution in [0.15, 0.2) is 54.6 Å². The van der Waals surface area contributed by atoms with E-state index in [4.69, 9.17) is 4.84 Å². The smallest absolute Gasteiger partial charge is 0.329 e. The van der Waals surface area contributed by atoms with Crippen molar-refractivity contribution in [3.05, 3.63) is 71.3 Å². The molecule has 5 heteroatoms. The Morgan fingerprint density at radius 2 is 1.41 bits per heavy atom. The number of benzene rings is 2. The molecule has 0 N–H and O–H groups in total. The molecular formula is C17H13NO4. The SMILES string of the molecule is CC(C(=O)ON1C(=O)c2ccccc2C1=O)c1ccccc1. The Hall–Kier alpha value is -2.95. The molecule has 1 aliphatic rings. The van der Waals surface area contributed by atoms with Crippen LogP contribution in [0.2, 0.25) is 0 Å². The van der Waals surface area contributed by atoms with Crippen molar-refractivity contribution in [2.45, 2.75) is 12.8 Å². The first kappa shape index (κ1) is 14.0. The number of hydrogen-bond donors (Lipinski definition) is 0. The van der Waals surface area contributed by atoms with Crippen LogP contribution in [0.25, 0.3) is 0 Å². The Labute approximate surface area is 127 Å². The molecule has 0 spiro atoms. The molecule has 0 saturated heterocycles. The van der Waals surface area contributed by atoms with Crippen LogP contribution in [-0.4, -0.2) is 22.8 Å². The van der Waals surface area contributed by atoms with E-state index in [-0.39, 0.29) is 11.1 Å². The van der Waals surface area contributed by atoms with Crippen molar-refractivity contribution in [1.29, 1.82) is 0 Å². The van der Waals surface area contributed by atoms with Gasteiger partial charge in [-0.25, -0.2) is 4.79 Å². The molecule has 110 valence electrons. The van der Waals surface area contributed by atoms with E-state index in [1.165, 1.54) is 12.1 Å². The van der Waals surface area contributed by atoms with Crippen LogP contribution in [0.3, 0.4) is 0 Å². The summed E-state index contributed by atoms with van der Waals surface area (Å²) in [7, 11) is 0. The van der Waals surface area contributed by atoms with Gasteiger partial charge in [0.15, 0.2) is 0 Å². The van der Waals surface area contributed by atoms with Crippen LogP contribution in [0.5, 0.6) is 0 Å². The highest BCUT2D eigenvalue weighted by molar-refractivity contribution is 6.20. The highest BCUT2D eigenvalue weighted by Gasteiger charge is 2.39. The predicted molar refractivity (Wildman–Crippen MR) is 77.9 cm³/mol. The van der Waals surface area contributed by atoms with Gasteiger partial charge in [-0.3, -0.25) is 9.59 Å². The van der Waals surface area contributed by atoms with Gasteiger partial charge in [0.2, 0.25) is 0 Å². The first-order valence-electron chi connectivity index (χ1n) is 6.84. The third kappa shape index (κ3) is 2.26. The lowest BCUT2D eigenvalue weighted by atomic mass is 10.0. The quantitative estimate of drug-likeness (QED) is 0.816. The fourth-order valence-electron chi connectivity index (χ4n) is 2.30. The van der Waals surface area contributed by atoms with Gasteiger partial charge in [0.05, 0.1) is 17.0 Å². The van der Waals surface area contributed by atoms with Crippen LogP contribution < -0.4 is 0 Å². The summed E-state index contributed by atoms with van der Waals surface area (Å²) in [5, 5.41) is 0.534. The second-order valence-electron chi connectivity index (χ2n) is 4.99. The van der Waals surface area contributed by atoms with E-state index in [9.17, 15) is 14.4 Å². The number of imide groups is 1. The first-order valence-corrected chi connectivity index (χ1v) is 6.84. The fourth-order valence-corrected chi connectivity index (χ4v) is 2.30. The van der Waals surface area contributed by atoms with E-state index in [0.717, 1.165) is 5.56 Å². The van der Waals surface area contributed by atoms with E-state index in [0.29, 0.717) is 5.06 Å². The molecule has 1 aliphatic heterocycles. The molecule has 5 nitrogen and oxygen atoms in total. The second-order valence-corrected chi connectivity index (χ2v) is 4.99. The van der Waals surface area contributed by atoms with Gasteiger partial charge >= 0.3 is 5.97 Å². The fraction of sp³-hybridized carbons (Fsp3) is 0.118. The topological polar surface area (TPSA) is 63.7 Å². The Bertz CT molecular complexity index is 719. The molecule has 1 heterocycles. The highest BCUT2D eigenvalue weighted by Crippen LogP contribution is 2.24. The summed E-state index contributed by atoms with van der Waals surface area (Å²) in [6, 6.07) is 15.4. The van der Waals surface area contributed by atoms with E-state index in [1.54, 1.807) is 43.3 Å². The maximum absolute atomic E-state index is 12.2. The van der Waals surface area contributed by atoms with Crippen molar-refractivity contribution in [1.82, 2.24) is 5.06 Å². The molecular weight excluding hydrogens is 282 g/mol. The summed E-state index contributed by atoms with van der Waals surface area (Å²) in [6.07, 6.45) is 0. The van der Waals surface area contributed by atoms with Gasteiger partial charge in [-0.1, -0.05) is 47.5 Å². The molecule has 0 saturated carbocycles. The molecule has 1 atom stereocenters. The number of fused-ring (bicyclic) bond motifs is 1. The number of nitrogens with zero attached hydrogens (tertiary/aromatic N) is 1. The van der Waals surface area contributed by atoms with Crippen LogP contribution in [-0.2, 0) is 9.63 Å². The molecule has 0 bridgehead atoms. The molecule has 0 radical (unpaired) electrons. The summed E-state index contributed by atoms with van der Waals surface area (Å²) >= 11 is 0. The average molecular weight is 295 g/mol. The normalized spacial score (nSPS) is 14.7. The van der Waals surface area contributed by atoms with Crippen LogP contribution in [0.1, 0.15) is 39.1 Å². The highest BCUT2D eigenvalue weighted by atomic mass is 16.7. The number of rotatable bonds is 3. The molecule has 0 aliphatic carbocycles. The summed E-state index contributed by atoms with van der Waals surface area (Å²) in [5.74, 6) is -2.46. The Balaban J connectivity index is 1.79. The van der Waals surface area contributed by atoms with E-state index in [2.05, 4.69) is 0 Å². The minimum atomic E-state index is -0.652. The number of carbonyl (C=O) groups is 3. The molecule has 1 unspecified atom stereocenters. The monoisotopic (exact) mass is 295 g/mol. The Morgan fingerprint density at radius 1 is 0.909 bits per heavy atom. The van der Waals surface area contributed by atoms with E-state index >= 15 is 0 Å². The maximum atomic E-state index is 12.2. The second kappa shape index (κ2) is 5.44. The molecule has 2 aromatic carbocycles.